The molecule has 0 radical (unpaired) electrons. The molecule has 0 saturated heterocycles. The molecule has 1 unspecified atom stereocenters. The van der Waals surface area contributed by atoms with Gasteiger partial charge in [0.25, 0.3) is 0 Å². The predicted molar refractivity (Wildman–Crippen MR) is 61.6 cm³/mol. The van der Waals surface area contributed by atoms with Gasteiger partial charge in [0.2, 0.25) is 0 Å². The van der Waals surface area contributed by atoms with Gasteiger partial charge in [0, 0.05) is 21.4 Å². The van der Waals surface area contributed by atoms with Gasteiger partial charge < -0.3 is 0 Å². The Labute approximate surface area is 90.8 Å². The van der Waals surface area contributed by atoms with Crippen LogP contribution in [0.5, 0.6) is 0 Å². The van der Waals surface area contributed by atoms with Gasteiger partial charge in [-0.15, -0.1) is 11.3 Å². The van der Waals surface area contributed by atoms with Crippen LogP contribution in [-0.2, 0) is 10.8 Å². The fourth-order valence-electron chi connectivity index (χ4n) is 1.10. The number of carbonyl (C=O) groups excluding carboxylic acids is 1. The van der Waals surface area contributed by atoms with Crippen LogP contribution in [0, 0.1) is 6.92 Å². The summed E-state index contributed by atoms with van der Waals surface area (Å²) in [6.07, 6.45) is 0.864. The number of ketones is 1. The van der Waals surface area contributed by atoms with E-state index in [2.05, 4.69) is 0 Å². The summed E-state index contributed by atoms with van der Waals surface area (Å²) in [6, 6.07) is 3.73. The summed E-state index contributed by atoms with van der Waals surface area (Å²) in [5.74, 6) is 0.805. The van der Waals surface area contributed by atoms with E-state index < -0.39 is 10.8 Å². The van der Waals surface area contributed by atoms with Crippen LogP contribution < -0.4 is 0 Å². The third-order valence-electron chi connectivity index (χ3n) is 1.74. The smallest absolute Gasteiger partial charge is 0.185 e. The van der Waals surface area contributed by atoms with E-state index in [0.29, 0.717) is 5.75 Å². The lowest BCUT2D eigenvalue weighted by Crippen LogP contribution is -2.11. The number of rotatable bonds is 5. The van der Waals surface area contributed by atoms with Crippen molar-refractivity contribution in [2.24, 2.45) is 0 Å². The Bertz CT molecular complexity index is 342. The predicted octanol–water partition coefficient (Wildman–Crippen LogP) is 2.40. The lowest BCUT2D eigenvalue weighted by atomic mass is 10.3. The van der Waals surface area contributed by atoms with E-state index >= 15 is 0 Å². The Kier molecular flexibility index (Phi) is 4.48. The maximum Gasteiger partial charge on any atom is 0.185 e. The highest BCUT2D eigenvalue weighted by molar-refractivity contribution is 7.85. The van der Waals surface area contributed by atoms with Gasteiger partial charge in [0.1, 0.15) is 0 Å². The largest absolute Gasteiger partial charge is 0.292 e. The van der Waals surface area contributed by atoms with Gasteiger partial charge in [-0.1, -0.05) is 6.92 Å². The van der Waals surface area contributed by atoms with Crippen molar-refractivity contribution in [3.8, 4) is 0 Å². The van der Waals surface area contributed by atoms with E-state index in [1.165, 1.54) is 11.3 Å². The molecule has 1 heterocycles. The minimum absolute atomic E-state index is 0.00915. The Morgan fingerprint density at radius 1 is 1.50 bits per heavy atom. The summed E-state index contributed by atoms with van der Waals surface area (Å²) < 4.78 is 11.3. The van der Waals surface area contributed by atoms with Crippen molar-refractivity contribution in [2.75, 3.05) is 11.5 Å². The molecule has 4 heteroatoms. The van der Waals surface area contributed by atoms with Gasteiger partial charge in [-0.3, -0.25) is 9.00 Å². The molecule has 1 aromatic rings. The minimum atomic E-state index is -0.984. The van der Waals surface area contributed by atoms with Crippen LogP contribution in [0.3, 0.4) is 0 Å². The molecule has 0 saturated carbocycles. The number of Topliss-reactive ketones (excluding diaryl/α,β-unsaturated/α-hetero) is 1. The highest BCUT2D eigenvalue weighted by Gasteiger charge is 2.11. The summed E-state index contributed by atoms with van der Waals surface area (Å²) in [5, 5.41) is 0. The highest BCUT2D eigenvalue weighted by atomic mass is 32.2. The first-order valence-electron chi connectivity index (χ1n) is 4.58. The number of aryl methyl sites for hydroxylation is 1. The van der Waals surface area contributed by atoms with Gasteiger partial charge >= 0.3 is 0 Å². The van der Waals surface area contributed by atoms with E-state index in [4.69, 9.17) is 0 Å². The summed E-state index contributed by atoms with van der Waals surface area (Å²) in [5.41, 5.74) is 0. The highest BCUT2D eigenvalue weighted by Crippen LogP contribution is 2.15. The molecule has 0 aliphatic heterocycles. The van der Waals surface area contributed by atoms with E-state index in [0.717, 1.165) is 16.2 Å². The summed E-state index contributed by atoms with van der Waals surface area (Å²) >= 11 is 1.47. The van der Waals surface area contributed by atoms with Crippen molar-refractivity contribution in [3.05, 3.63) is 21.9 Å². The van der Waals surface area contributed by atoms with Crippen molar-refractivity contribution < 1.29 is 9.00 Å². The van der Waals surface area contributed by atoms with E-state index in [1.807, 2.05) is 26.0 Å². The molecule has 0 N–H and O–H groups in total. The molecule has 0 spiro atoms. The molecule has 1 atom stereocenters. The van der Waals surface area contributed by atoms with Crippen molar-refractivity contribution in [3.63, 3.8) is 0 Å². The third-order valence-corrected chi connectivity index (χ3v) is 4.23. The zero-order chi connectivity index (χ0) is 10.6. The molecule has 0 bridgehead atoms. The normalized spacial score (nSPS) is 12.7. The molecule has 0 aliphatic rings. The zero-order valence-electron chi connectivity index (χ0n) is 8.41. The number of thiophene rings is 1. The van der Waals surface area contributed by atoms with Crippen LogP contribution in [0.15, 0.2) is 12.1 Å². The van der Waals surface area contributed by atoms with Crippen molar-refractivity contribution in [1.82, 2.24) is 0 Å². The lowest BCUT2D eigenvalue weighted by Gasteiger charge is -1.97. The molecular formula is C10H14O2S2. The van der Waals surface area contributed by atoms with E-state index in [1.54, 1.807) is 0 Å². The van der Waals surface area contributed by atoms with Crippen molar-refractivity contribution >= 4 is 27.9 Å². The summed E-state index contributed by atoms with van der Waals surface area (Å²) in [4.78, 5) is 13.4. The maximum atomic E-state index is 11.6. The Balaban J connectivity index is 2.55. The van der Waals surface area contributed by atoms with Crippen LogP contribution >= 0.6 is 11.3 Å². The average Bonchev–Trinajstić information content (AvgIpc) is 2.52. The van der Waals surface area contributed by atoms with Crippen LogP contribution in [0.4, 0.5) is 0 Å². The molecule has 0 aliphatic carbocycles. The fourth-order valence-corrected chi connectivity index (χ4v) is 3.05. The average molecular weight is 230 g/mol. The topological polar surface area (TPSA) is 34.1 Å². The molecule has 0 aromatic carbocycles. The zero-order valence-corrected chi connectivity index (χ0v) is 10.0. The first-order valence-corrected chi connectivity index (χ1v) is 6.88. The van der Waals surface area contributed by atoms with Crippen LogP contribution in [-0.4, -0.2) is 21.5 Å². The second kappa shape index (κ2) is 5.41. The first-order chi connectivity index (χ1) is 6.63. The first kappa shape index (κ1) is 11.6. The molecule has 2 nitrogen and oxygen atoms in total. The summed E-state index contributed by atoms with van der Waals surface area (Å²) in [7, 11) is -0.984. The number of hydrogen-bond acceptors (Lipinski definition) is 3. The number of carbonyl (C=O) groups is 1. The van der Waals surface area contributed by atoms with Crippen molar-refractivity contribution in [2.45, 2.75) is 20.3 Å². The molecule has 0 fully saturated rings. The Morgan fingerprint density at radius 2 is 2.21 bits per heavy atom. The van der Waals surface area contributed by atoms with Gasteiger partial charge in [-0.25, -0.2) is 0 Å². The maximum absolute atomic E-state index is 11.6. The SMILES string of the molecule is CCCS(=O)CC(=O)c1ccc(C)s1. The van der Waals surface area contributed by atoms with Crippen molar-refractivity contribution in [1.29, 1.82) is 0 Å². The van der Waals surface area contributed by atoms with Gasteiger partial charge in [-0.2, -0.15) is 0 Å². The van der Waals surface area contributed by atoms with Gasteiger partial charge in [-0.05, 0) is 25.5 Å². The van der Waals surface area contributed by atoms with Gasteiger partial charge in [0.15, 0.2) is 5.78 Å². The molecular weight excluding hydrogens is 216 g/mol. The third kappa shape index (κ3) is 3.35. The Hall–Kier alpha value is -0.480. The molecule has 1 rings (SSSR count). The van der Waals surface area contributed by atoms with Crippen LogP contribution in [0.25, 0.3) is 0 Å². The molecule has 14 heavy (non-hydrogen) atoms. The fraction of sp³-hybridized carbons (Fsp3) is 0.500. The summed E-state index contributed by atoms with van der Waals surface area (Å²) in [6.45, 7) is 3.93. The van der Waals surface area contributed by atoms with Crippen LogP contribution in [0.1, 0.15) is 27.9 Å². The second-order valence-corrected chi connectivity index (χ2v) is 5.99. The van der Waals surface area contributed by atoms with Crippen LogP contribution in [0.2, 0.25) is 0 Å². The Morgan fingerprint density at radius 3 is 2.71 bits per heavy atom. The lowest BCUT2D eigenvalue weighted by molar-refractivity contribution is 0.102. The van der Waals surface area contributed by atoms with E-state index in [9.17, 15) is 9.00 Å². The van der Waals surface area contributed by atoms with Gasteiger partial charge in [0.05, 0.1) is 10.6 Å². The second-order valence-electron chi connectivity index (χ2n) is 3.12. The monoisotopic (exact) mass is 230 g/mol. The van der Waals surface area contributed by atoms with E-state index in [-0.39, 0.29) is 11.5 Å². The number of hydrogen-bond donors (Lipinski definition) is 0. The molecule has 1 aromatic heterocycles. The standard InChI is InChI=1S/C10H14O2S2/c1-3-6-14(12)7-9(11)10-5-4-8(2)13-10/h4-5H,3,6-7H2,1-2H3. The molecule has 78 valence electrons. The quantitative estimate of drug-likeness (QED) is 0.728. The molecule has 0 amide bonds. The minimum Gasteiger partial charge on any atom is -0.292 e.